The van der Waals surface area contributed by atoms with E-state index in [-0.39, 0.29) is 64.5 Å². The number of fused-ring (bicyclic) bond motifs is 1. The Hall–Kier alpha value is 0.430. The average Bonchev–Trinajstić information content (AvgIpc) is 2.33. The van der Waals surface area contributed by atoms with Crippen LogP contribution in [0.1, 0.15) is 0 Å². The molecular weight excluding hydrogens is 404 g/mol. The van der Waals surface area contributed by atoms with Gasteiger partial charge in [-0.25, -0.2) is 30.4 Å². The predicted octanol–water partition coefficient (Wildman–Crippen LogP) is -6.70. The van der Waals surface area contributed by atoms with Gasteiger partial charge in [0.2, 0.25) is 10.0 Å². The first-order chi connectivity index (χ1) is 9.83. The number of benzene rings is 2. The van der Waals surface area contributed by atoms with E-state index in [0.29, 0.717) is 6.07 Å². The van der Waals surface area contributed by atoms with E-state index >= 15 is 0 Å². The molecule has 14 heteroatoms. The van der Waals surface area contributed by atoms with Crippen molar-refractivity contribution < 1.29 is 93.5 Å². The van der Waals surface area contributed by atoms with Crippen LogP contribution >= 0.6 is 0 Å². The second-order valence-electron chi connectivity index (χ2n) is 4.20. The number of sulfonamides is 1. The van der Waals surface area contributed by atoms with Gasteiger partial charge in [0.15, 0.2) is 0 Å². The number of hydrogen-bond donors (Lipinski definition) is 1. The first kappa shape index (κ1) is 24.4. The summed E-state index contributed by atoms with van der Waals surface area (Å²) in [5.74, 6) is 0. The van der Waals surface area contributed by atoms with Crippen LogP contribution in [0, 0.1) is 0 Å². The van der Waals surface area contributed by atoms with Gasteiger partial charge in [-0.15, -0.1) is 0 Å². The molecule has 0 fully saturated rings. The third-order valence-electron chi connectivity index (χ3n) is 2.76. The van der Waals surface area contributed by atoms with E-state index in [1.54, 1.807) is 0 Å². The van der Waals surface area contributed by atoms with E-state index in [1.807, 2.05) is 0 Å². The molecule has 0 saturated heterocycles. The first-order valence-corrected chi connectivity index (χ1v) is 9.70. The number of nitrogens with two attached hydrogens (primary N) is 1. The normalized spacial score (nSPS) is 12.3. The molecule has 0 aromatic heterocycles. The van der Waals surface area contributed by atoms with Crippen LogP contribution in [0.15, 0.2) is 45.0 Å². The maximum Gasteiger partial charge on any atom is 1.00 e. The smallest absolute Gasteiger partial charge is 0.744 e. The van der Waals surface area contributed by atoms with Gasteiger partial charge in [0.05, 0.1) is 14.7 Å². The molecule has 0 heterocycles. The predicted molar refractivity (Wildman–Crippen MR) is 71.2 cm³/mol. The molecule has 0 spiro atoms. The van der Waals surface area contributed by atoms with Crippen LogP contribution in [0.25, 0.3) is 10.8 Å². The fourth-order valence-corrected chi connectivity index (χ4v) is 4.72. The molecule has 2 rings (SSSR count). The van der Waals surface area contributed by atoms with Gasteiger partial charge < -0.3 is 9.11 Å². The summed E-state index contributed by atoms with van der Waals surface area (Å²) in [6.45, 7) is 0. The number of rotatable bonds is 3. The summed E-state index contributed by atoms with van der Waals surface area (Å²) in [4.78, 5) is -2.95. The monoisotopic (exact) mass is 411 g/mol. The summed E-state index contributed by atoms with van der Waals surface area (Å²) in [6.07, 6.45) is 0. The van der Waals surface area contributed by atoms with Crippen molar-refractivity contribution in [3.8, 4) is 0 Å². The molecule has 0 aliphatic rings. The molecule has 2 aromatic carbocycles. The molecule has 120 valence electrons. The van der Waals surface area contributed by atoms with Gasteiger partial charge in [0.1, 0.15) is 20.2 Å². The first-order valence-electron chi connectivity index (χ1n) is 5.34. The zero-order chi connectivity index (χ0) is 16.9. The SMILES string of the molecule is NS(=O)(=O)c1ccc2c(S(=O)(=O)[O-])cccc2c1S(=O)(=O)[O-].[Na+].[Na+]. The maximum absolute atomic E-state index is 11.4. The fourth-order valence-electron chi connectivity index (χ4n) is 1.98. The van der Waals surface area contributed by atoms with Gasteiger partial charge in [0, 0.05) is 10.8 Å². The van der Waals surface area contributed by atoms with Crippen molar-refractivity contribution in [2.24, 2.45) is 5.14 Å². The minimum Gasteiger partial charge on any atom is -0.744 e. The zero-order valence-electron chi connectivity index (χ0n) is 12.5. The Labute approximate surface area is 182 Å². The number of hydrogen-bond acceptors (Lipinski definition) is 8. The molecule has 24 heavy (non-hydrogen) atoms. The van der Waals surface area contributed by atoms with E-state index < -0.39 is 50.3 Å². The Bertz CT molecular complexity index is 1090. The Kier molecular flexibility index (Phi) is 8.12. The van der Waals surface area contributed by atoms with Crippen LogP contribution in [-0.4, -0.2) is 34.4 Å². The molecule has 0 saturated carbocycles. The van der Waals surface area contributed by atoms with Crippen LogP contribution in [0.5, 0.6) is 0 Å². The van der Waals surface area contributed by atoms with Crippen LogP contribution in [0.4, 0.5) is 0 Å². The molecule has 0 unspecified atom stereocenters. The molecule has 2 aromatic rings. The van der Waals surface area contributed by atoms with Crippen molar-refractivity contribution in [3.05, 3.63) is 30.3 Å². The quantitative estimate of drug-likeness (QED) is 0.383. The summed E-state index contributed by atoms with van der Waals surface area (Å²) in [7, 11) is -14.8. The summed E-state index contributed by atoms with van der Waals surface area (Å²) >= 11 is 0. The largest absolute Gasteiger partial charge is 1.00 e. The third kappa shape index (κ3) is 4.99. The Morgan fingerprint density at radius 3 is 1.67 bits per heavy atom. The summed E-state index contributed by atoms with van der Waals surface area (Å²) in [5, 5.41) is 3.95. The molecule has 2 N–H and O–H groups in total. The number of primary sulfonamides is 1. The van der Waals surface area contributed by atoms with E-state index in [1.165, 1.54) is 0 Å². The molecule has 0 atom stereocenters. The summed E-state index contributed by atoms with van der Waals surface area (Å²) in [5.41, 5.74) is 0. The second kappa shape index (κ2) is 7.98. The molecule has 0 aliphatic carbocycles. The molecule has 0 amide bonds. The van der Waals surface area contributed by atoms with Crippen molar-refractivity contribution in [3.63, 3.8) is 0 Å². The molecular formula is C10H7NNa2O8S3. The van der Waals surface area contributed by atoms with Crippen LogP contribution in [0.2, 0.25) is 0 Å². The minimum atomic E-state index is -5.31. The van der Waals surface area contributed by atoms with Crippen molar-refractivity contribution in [1.29, 1.82) is 0 Å². The Balaban J connectivity index is 0.00000264. The van der Waals surface area contributed by atoms with Crippen molar-refractivity contribution in [1.82, 2.24) is 0 Å². The van der Waals surface area contributed by atoms with Gasteiger partial charge in [0.25, 0.3) is 0 Å². The molecule has 0 bridgehead atoms. The van der Waals surface area contributed by atoms with E-state index in [9.17, 15) is 34.4 Å². The molecule has 0 radical (unpaired) electrons. The van der Waals surface area contributed by atoms with E-state index in [4.69, 9.17) is 5.14 Å². The molecule has 9 nitrogen and oxygen atoms in total. The minimum absolute atomic E-state index is 0. The second-order valence-corrected chi connectivity index (χ2v) is 8.39. The van der Waals surface area contributed by atoms with Gasteiger partial charge >= 0.3 is 59.1 Å². The maximum atomic E-state index is 11.4. The topological polar surface area (TPSA) is 175 Å². The zero-order valence-corrected chi connectivity index (χ0v) is 18.9. The summed E-state index contributed by atoms with van der Waals surface area (Å²) < 4.78 is 90.4. The van der Waals surface area contributed by atoms with Gasteiger partial charge in [-0.1, -0.05) is 18.2 Å². The van der Waals surface area contributed by atoms with Crippen molar-refractivity contribution >= 4 is 41.0 Å². The Morgan fingerprint density at radius 1 is 0.708 bits per heavy atom. The van der Waals surface area contributed by atoms with E-state index in [0.717, 1.165) is 24.3 Å². The van der Waals surface area contributed by atoms with Gasteiger partial charge in [-0.3, -0.25) is 0 Å². The molecule has 0 aliphatic heterocycles. The van der Waals surface area contributed by atoms with E-state index in [2.05, 4.69) is 0 Å². The average molecular weight is 411 g/mol. The fraction of sp³-hybridized carbons (Fsp3) is 0. The third-order valence-corrected chi connectivity index (χ3v) is 5.68. The van der Waals surface area contributed by atoms with Crippen LogP contribution < -0.4 is 64.3 Å². The standard InChI is InChI=1S/C10H9NO8S3.2Na/c11-20(12,13)9-5-4-6-7(10(9)22(17,18)19)2-1-3-8(6)21(14,15)16;;/h1-5H,(H2,11,12,13)(H,14,15,16)(H,17,18,19);;/q;2*+1/p-2. The summed E-state index contributed by atoms with van der Waals surface area (Å²) in [6, 6.07) is 4.48. The Morgan fingerprint density at radius 2 is 1.25 bits per heavy atom. The van der Waals surface area contributed by atoms with Crippen LogP contribution in [0.3, 0.4) is 0 Å². The van der Waals surface area contributed by atoms with Gasteiger partial charge in [-0.2, -0.15) is 0 Å². The van der Waals surface area contributed by atoms with Crippen molar-refractivity contribution in [2.75, 3.05) is 0 Å². The van der Waals surface area contributed by atoms with Crippen LogP contribution in [-0.2, 0) is 30.3 Å². The van der Waals surface area contributed by atoms with Crippen molar-refractivity contribution in [2.45, 2.75) is 14.7 Å². The van der Waals surface area contributed by atoms with Gasteiger partial charge in [-0.05, 0) is 12.1 Å².